The van der Waals surface area contributed by atoms with Crippen molar-refractivity contribution < 1.29 is 24.4 Å². The average Bonchev–Trinajstić information content (AvgIpc) is 2.56. The van der Waals surface area contributed by atoms with Crippen molar-refractivity contribution in [3.63, 3.8) is 0 Å². The number of benzene rings is 1. The van der Waals surface area contributed by atoms with Crippen molar-refractivity contribution in [1.29, 1.82) is 0 Å². The van der Waals surface area contributed by atoms with Crippen LogP contribution >= 0.6 is 0 Å². The first-order valence-corrected chi connectivity index (χ1v) is 7.63. The first kappa shape index (κ1) is 18.9. The summed E-state index contributed by atoms with van der Waals surface area (Å²) in [7, 11) is 0. The zero-order valence-electron chi connectivity index (χ0n) is 13.0. The average molecular weight is 313 g/mol. The molecule has 1 aromatic rings. The maximum absolute atomic E-state index is 8.72. The smallest absolute Gasteiger partial charge is 0.0701 e. The second-order valence-electron chi connectivity index (χ2n) is 4.61. The molecule has 6 nitrogen and oxygen atoms in total. The van der Waals surface area contributed by atoms with Gasteiger partial charge in [-0.15, -0.1) is 0 Å². The third kappa shape index (κ3) is 8.96. The number of hydrogen-bond donors (Lipinski definition) is 2. The third-order valence-corrected chi connectivity index (χ3v) is 2.98. The van der Waals surface area contributed by atoms with E-state index in [9.17, 15) is 0 Å². The first-order chi connectivity index (χ1) is 10.9. The Morgan fingerprint density at radius 1 is 0.682 bits per heavy atom. The summed E-state index contributed by atoms with van der Waals surface area (Å²) in [6, 6.07) is 10.1. The number of rotatable bonds is 14. The first-order valence-electron chi connectivity index (χ1n) is 7.63. The summed E-state index contributed by atoms with van der Waals surface area (Å²) in [6.45, 7) is 4.46. The van der Waals surface area contributed by atoms with Crippen molar-refractivity contribution >= 4 is 5.69 Å². The van der Waals surface area contributed by atoms with Gasteiger partial charge in [-0.1, -0.05) is 18.2 Å². The SMILES string of the molecule is OCCOCCOCCN(CCOCCO)c1ccccc1. The van der Waals surface area contributed by atoms with Gasteiger partial charge in [0.2, 0.25) is 0 Å². The molecule has 0 spiro atoms. The molecule has 0 atom stereocenters. The van der Waals surface area contributed by atoms with Crippen molar-refractivity contribution in [2.45, 2.75) is 0 Å². The molecule has 0 unspecified atom stereocenters. The van der Waals surface area contributed by atoms with Crippen LogP contribution in [-0.4, -0.2) is 76.2 Å². The molecule has 0 amide bonds. The van der Waals surface area contributed by atoms with Crippen molar-refractivity contribution in [2.75, 3.05) is 70.8 Å². The molecule has 6 heteroatoms. The van der Waals surface area contributed by atoms with Crippen molar-refractivity contribution in [2.24, 2.45) is 0 Å². The normalized spacial score (nSPS) is 10.8. The Morgan fingerprint density at radius 3 is 1.73 bits per heavy atom. The minimum absolute atomic E-state index is 0.0373. The van der Waals surface area contributed by atoms with Crippen LogP contribution in [0.2, 0.25) is 0 Å². The van der Waals surface area contributed by atoms with Gasteiger partial charge in [-0.25, -0.2) is 0 Å². The van der Waals surface area contributed by atoms with E-state index in [0.29, 0.717) is 39.6 Å². The van der Waals surface area contributed by atoms with Crippen LogP contribution in [0.5, 0.6) is 0 Å². The molecule has 0 aliphatic heterocycles. The number of ether oxygens (including phenoxy) is 3. The molecule has 2 N–H and O–H groups in total. The van der Waals surface area contributed by atoms with E-state index in [-0.39, 0.29) is 13.2 Å². The van der Waals surface area contributed by atoms with E-state index in [4.69, 9.17) is 24.4 Å². The minimum atomic E-state index is 0.0373. The predicted molar refractivity (Wildman–Crippen MR) is 85.3 cm³/mol. The Hall–Kier alpha value is -1.18. The molecule has 126 valence electrons. The predicted octanol–water partition coefficient (Wildman–Crippen LogP) is 0.527. The molecule has 22 heavy (non-hydrogen) atoms. The molecule has 0 heterocycles. The van der Waals surface area contributed by atoms with Gasteiger partial charge in [-0.2, -0.15) is 0 Å². The van der Waals surface area contributed by atoms with Crippen LogP contribution < -0.4 is 4.90 Å². The van der Waals surface area contributed by atoms with Gasteiger partial charge >= 0.3 is 0 Å². The van der Waals surface area contributed by atoms with Gasteiger partial charge in [-0.05, 0) is 12.1 Å². The van der Waals surface area contributed by atoms with E-state index >= 15 is 0 Å². The maximum Gasteiger partial charge on any atom is 0.0701 e. The van der Waals surface area contributed by atoms with E-state index in [1.165, 1.54) is 0 Å². The molecule has 0 saturated carbocycles. The van der Waals surface area contributed by atoms with E-state index in [1.807, 2.05) is 18.2 Å². The zero-order valence-corrected chi connectivity index (χ0v) is 13.0. The van der Waals surface area contributed by atoms with Gasteiger partial charge in [0.1, 0.15) is 0 Å². The summed E-state index contributed by atoms with van der Waals surface area (Å²) in [6.07, 6.45) is 0. The number of hydrogen-bond acceptors (Lipinski definition) is 6. The summed E-state index contributed by atoms with van der Waals surface area (Å²) in [4.78, 5) is 2.19. The molecule has 0 aliphatic carbocycles. The summed E-state index contributed by atoms with van der Waals surface area (Å²) in [5.41, 5.74) is 1.12. The van der Waals surface area contributed by atoms with Crippen LogP contribution in [0.3, 0.4) is 0 Å². The lowest BCUT2D eigenvalue weighted by atomic mass is 10.3. The van der Waals surface area contributed by atoms with Crippen LogP contribution in [0.1, 0.15) is 0 Å². The number of aliphatic hydroxyl groups excluding tert-OH is 2. The topological polar surface area (TPSA) is 71.4 Å². The van der Waals surface area contributed by atoms with Gasteiger partial charge in [0.05, 0.1) is 52.9 Å². The second-order valence-corrected chi connectivity index (χ2v) is 4.61. The highest BCUT2D eigenvalue weighted by Crippen LogP contribution is 2.12. The van der Waals surface area contributed by atoms with Crippen LogP contribution in [0.15, 0.2) is 30.3 Å². The van der Waals surface area contributed by atoms with Gasteiger partial charge < -0.3 is 29.3 Å². The number of para-hydroxylation sites is 1. The van der Waals surface area contributed by atoms with Crippen LogP contribution in [0, 0.1) is 0 Å². The maximum atomic E-state index is 8.72. The number of nitrogens with zero attached hydrogens (tertiary/aromatic N) is 1. The lowest BCUT2D eigenvalue weighted by Crippen LogP contribution is -2.31. The standard InChI is InChI=1S/C16H27NO5/c18-8-12-20-10-6-17(16-4-2-1-3-5-16)7-11-21-14-15-22-13-9-19/h1-5,18-19H,6-15H2. The fourth-order valence-electron chi connectivity index (χ4n) is 1.91. The lowest BCUT2D eigenvalue weighted by Gasteiger charge is -2.24. The highest BCUT2D eigenvalue weighted by Gasteiger charge is 2.06. The molecule has 0 radical (unpaired) electrons. The van der Waals surface area contributed by atoms with Gasteiger partial charge in [-0.3, -0.25) is 0 Å². The molecule has 0 aromatic heterocycles. The Morgan fingerprint density at radius 2 is 1.18 bits per heavy atom. The Kier molecular flexibility index (Phi) is 11.6. The molecular weight excluding hydrogens is 286 g/mol. The molecular formula is C16H27NO5. The van der Waals surface area contributed by atoms with E-state index in [1.54, 1.807) is 0 Å². The van der Waals surface area contributed by atoms with Gasteiger partial charge in [0.25, 0.3) is 0 Å². The summed E-state index contributed by atoms with van der Waals surface area (Å²) < 4.78 is 16.0. The lowest BCUT2D eigenvalue weighted by molar-refractivity contribution is 0.0347. The van der Waals surface area contributed by atoms with Crippen LogP contribution in [0.25, 0.3) is 0 Å². The van der Waals surface area contributed by atoms with Crippen LogP contribution in [-0.2, 0) is 14.2 Å². The second kappa shape index (κ2) is 13.5. The van der Waals surface area contributed by atoms with Crippen molar-refractivity contribution in [1.82, 2.24) is 0 Å². The Balaban J connectivity index is 2.26. The number of aliphatic hydroxyl groups is 2. The highest BCUT2D eigenvalue weighted by atomic mass is 16.5. The Bertz CT molecular complexity index is 350. The number of anilines is 1. The zero-order chi connectivity index (χ0) is 15.9. The molecule has 0 saturated heterocycles. The quantitative estimate of drug-likeness (QED) is 0.488. The highest BCUT2D eigenvalue weighted by molar-refractivity contribution is 5.45. The summed E-state index contributed by atoms with van der Waals surface area (Å²) >= 11 is 0. The van der Waals surface area contributed by atoms with Crippen LogP contribution in [0.4, 0.5) is 5.69 Å². The Labute approximate surface area is 132 Å². The third-order valence-electron chi connectivity index (χ3n) is 2.98. The summed E-state index contributed by atoms with van der Waals surface area (Å²) in [5.74, 6) is 0. The largest absolute Gasteiger partial charge is 0.394 e. The van der Waals surface area contributed by atoms with E-state index in [2.05, 4.69) is 17.0 Å². The van der Waals surface area contributed by atoms with E-state index < -0.39 is 0 Å². The van der Waals surface area contributed by atoms with Gasteiger partial charge in [0.15, 0.2) is 0 Å². The molecule has 0 fully saturated rings. The summed E-state index contributed by atoms with van der Waals surface area (Å²) in [5, 5.41) is 17.3. The molecule has 0 aliphatic rings. The monoisotopic (exact) mass is 313 g/mol. The molecule has 1 aromatic carbocycles. The molecule has 0 bridgehead atoms. The van der Waals surface area contributed by atoms with Crippen molar-refractivity contribution in [3.8, 4) is 0 Å². The van der Waals surface area contributed by atoms with Gasteiger partial charge in [0, 0.05) is 18.8 Å². The minimum Gasteiger partial charge on any atom is -0.394 e. The fourth-order valence-corrected chi connectivity index (χ4v) is 1.91. The molecule has 1 rings (SSSR count). The fraction of sp³-hybridized carbons (Fsp3) is 0.625. The van der Waals surface area contributed by atoms with E-state index in [0.717, 1.165) is 18.8 Å². The van der Waals surface area contributed by atoms with Crippen molar-refractivity contribution in [3.05, 3.63) is 30.3 Å².